The van der Waals surface area contributed by atoms with Crippen molar-refractivity contribution in [3.63, 3.8) is 0 Å². The summed E-state index contributed by atoms with van der Waals surface area (Å²) >= 11 is 0. The quantitative estimate of drug-likeness (QED) is 0.505. The predicted octanol–water partition coefficient (Wildman–Crippen LogP) is 1.82. The van der Waals surface area contributed by atoms with Crippen LogP contribution in [0.2, 0.25) is 0 Å². The van der Waals surface area contributed by atoms with Gasteiger partial charge >= 0.3 is 0 Å². The van der Waals surface area contributed by atoms with Crippen LogP contribution < -0.4 is 0 Å². The number of ketones is 4. The van der Waals surface area contributed by atoms with Crippen LogP contribution in [-0.4, -0.2) is 23.1 Å². The van der Waals surface area contributed by atoms with Crippen LogP contribution in [0, 0.1) is 10.8 Å². The monoisotopic (exact) mass is 294 g/mol. The number of carbonyl (C=O) groups excluding carboxylic acids is 4. The van der Waals surface area contributed by atoms with Crippen molar-refractivity contribution in [2.75, 3.05) is 0 Å². The lowest BCUT2D eigenvalue weighted by Crippen LogP contribution is -2.49. The first-order valence-electron chi connectivity index (χ1n) is 7.33. The zero-order valence-electron chi connectivity index (χ0n) is 12.4. The highest BCUT2D eigenvalue weighted by Gasteiger charge is 2.58. The molecule has 0 amide bonds. The number of allylic oxidation sites excluding steroid dienone is 8. The topological polar surface area (TPSA) is 68.3 Å². The van der Waals surface area contributed by atoms with Crippen molar-refractivity contribution in [2.45, 2.75) is 26.7 Å². The second kappa shape index (κ2) is 3.69. The minimum absolute atomic E-state index is 0.484. The number of hydrogen-bond acceptors (Lipinski definition) is 4. The largest absolute Gasteiger partial charge is 0.286 e. The molecular formula is C18H14O4. The van der Waals surface area contributed by atoms with Crippen LogP contribution in [0.1, 0.15) is 26.7 Å². The van der Waals surface area contributed by atoms with E-state index in [-0.39, 0.29) is 0 Å². The Balaban J connectivity index is 2.05. The molecule has 0 aromatic heterocycles. The number of rotatable bonds is 0. The average molecular weight is 294 g/mol. The van der Waals surface area contributed by atoms with Crippen molar-refractivity contribution in [2.24, 2.45) is 10.8 Å². The maximum absolute atomic E-state index is 11.8. The van der Waals surface area contributed by atoms with Gasteiger partial charge in [0.15, 0.2) is 0 Å². The number of hydrogen-bond donors (Lipinski definition) is 0. The molecule has 0 aromatic carbocycles. The van der Waals surface area contributed by atoms with Crippen molar-refractivity contribution in [3.8, 4) is 0 Å². The van der Waals surface area contributed by atoms with Gasteiger partial charge in [0.2, 0.25) is 23.1 Å². The highest BCUT2D eigenvalue weighted by Crippen LogP contribution is 2.67. The Morgan fingerprint density at radius 3 is 1.05 bits per heavy atom. The van der Waals surface area contributed by atoms with E-state index in [1.165, 1.54) is 24.3 Å². The normalized spacial score (nSPS) is 36.3. The Morgan fingerprint density at radius 2 is 0.818 bits per heavy atom. The lowest BCUT2D eigenvalue weighted by Gasteiger charge is -2.58. The highest BCUT2D eigenvalue weighted by atomic mass is 16.2. The van der Waals surface area contributed by atoms with Crippen molar-refractivity contribution in [3.05, 3.63) is 46.6 Å². The van der Waals surface area contributed by atoms with E-state index in [1.807, 2.05) is 13.8 Å². The summed E-state index contributed by atoms with van der Waals surface area (Å²) in [6, 6.07) is 0. The van der Waals surface area contributed by atoms with Crippen molar-refractivity contribution >= 4 is 23.1 Å². The van der Waals surface area contributed by atoms with E-state index >= 15 is 0 Å². The van der Waals surface area contributed by atoms with Gasteiger partial charge in [-0.2, -0.15) is 0 Å². The molecule has 0 saturated heterocycles. The molecule has 22 heavy (non-hydrogen) atoms. The molecule has 0 N–H and O–H groups in total. The fourth-order valence-electron chi connectivity index (χ4n) is 4.27. The van der Waals surface area contributed by atoms with E-state index in [0.29, 0.717) is 0 Å². The highest BCUT2D eigenvalue weighted by molar-refractivity contribution is 6.48. The molecule has 5 aliphatic rings. The molecule has 0 atom stereocenters. The van der Waals surface area contributed by atoms with Gasteiger partial charge in [0.1, 0.15) is 0 Å². The molecule has 4 nitrogen and oxygen atoms in total. The van der Waals surface area contributed by atoms with Crippen molar-refractivity contribution < 1.29 is 19.2 Å². The summed E-state index contributed by atoms with van der Waals surface area (Å²) in [5.74, 6) is -2.05. The molecule has 0 radical (unpaired) electrons. The van der Waals surface area contributed by atoms with Crippen LogP contribution in [-0.2, 0) is 19.2 Å². The molecular weight excluding hydrogens is 280 g/mol. The average Bonchev–Trinajstić information content (AvgIpc) is 2.46. The zero-order chi connectivity index (χ0) is 15.9. The number of carbonyl (C=O) groups is 4. The summed E-state index contributed by atoms with van der Waals surface area (Å²) in [6.07, 6.45) is 7.28. The van der Waals surface area contributed by atoms with Gasteiger partial charge in [-0.15, -0.1) is 0 Å². The van der Waals surface area contributed by atoms with Crippen LogP contribution in [0.4, 0.5) is 0 Å². The lowest BCUT2D eigenvalue weighted by molar-refractivity contribution is -0.131. The van der Waals surface area contributed by atoms with Gasteiger partial charge in [-0.25, -0.2) is 0 Å². The van der Waals surface area contributed by atoms with Gasteiger partial charge in [0.05, 0.1) is 0 Å². The van der Waals surface area contributed by atoms with Gasteiger partial charge in [-0.1, -0.05) is 13.8 Å². The van der Waals surface area contributed by atoms with Gasteiger partial charge in [-0.05, 0) is 59.4 Å². The molecule has 0 aliphatic heterocycles. The van der Waals surface area contributed by atoms with Crippen LogP contribution in [0.3, 0.4) is 0 Å². The van der Waals surface area contributed by atoms with Crippen LogP contribution in [0.15, 0.2) is 46.6 Å². The number of fused-ring (bicyclic) bond motifs is 1. The van der Waals surface area contributed by atoms with Crippen LogP contribution in [0.25, 0.3) is 0 Å². The first-order chi connectivity index (χ1) is 10.3. The van der Waals surface area contributed by atoms with E-state index < -0.39 is 34.0 Å². The van der Waals surface area contributed by atoms with Gasteiger partial charge in [0.25, 0.3) is 0 Å². The van der Waals surface area contributed by atoms with Crippen LogP contribution in [0.5, 0.6) is 0 Å². The van der Waals surface area contributed by atoms with Gasteiger partial charge in [0, 0.05) is 10.8 Å². The molecule has 0 aromatic rings. The summed E-state index contributed by atoms with van der Waals surface area (Å²) in [6.45, 7) is 3.97. The maximum atomic E-state index is 11.8. The summed E-state index contributed by atoms with van der Waals surface area (Å²) in [7, 11) is 0. The Bertz CT molecular complexity index is 699. The maximum Gasteiger partial charge on any atom is 0.226 e. The van der Waals surface area contributed by atoms with E-state index in [9.17, 15) is 19.2 Å². The SMILES string of the molecule is CC12CCC(C)(C3=CC(=O)C(=O)C=C31)C1=CC(=O)C(=O)C=C12. The molecule has 4 heteroatoms. The summed E-state index contributed by atoms with van der Waals surface area (Å²) in [5.41, 5.74) is 2.35. The molecule has 0 spiro atoms. The fraction of sp³-hybridized carbons (Fsp3) is 0.333. The second-order valence-electron chi connectivity index (χ2n) is 6.85. The van der Waals surface area contributed by atoms with E-state index in [4.69, 9.17) is 0 Å². The van der Waals surface area contributed by atoms with E-state index in [2.05, 4.69) is 0 Å². The third-order valence-electron chi connectivity index (χ3n) is 5.67. The molecule has 5 aliphatic carbocycles. The van der Waals surface area contributed by atoms with Crippen molar-refractivity contribution in [1.29, 1.82) is 0 Å². The van der Waals surface area contributed by atoms with Crippen LogP contribution >= 0.6 is 0 Å². The summed E-state index contributed by atoms with van der Waals surface area (Å²) in [4.78, 5) is 47.3. The Kier molecular flexibility index (Phi) is 2.23. The Morgan fingerprint density at radius 1 is 0.591 bits per heavy atom. The van der Waals surface area contributed by atoms with Gasteiger partial charge < -0.3 is 0 Å². The first kappa shape index (κ1) is 13.3. The third-order valence-corrected chi connectivity index (χ3v) is 5.67. The molecule has 3 fully saturated rings. The lowest BCUT2D eigenvalue weighted by atomic mass is 9.45. The molecule has 110 valence electrons. The standard InChI is InChI=1S/C18H14O4/c1-17-3-4-18(2,11-7-15(21)13(19)5-9(11)17)12-8-16(22)14(20)6-10(12)17/h5-8H,3-4H2,1-2H3. The van der Waals surface area contributed by atoms with E-state index in [0.717, 1.165) is 35.1 Å². The molecule has 5 rings (SSSR count). The minimum atomic E-state index is -0.513. The smallest absolute Gasteiger partial charge is 0.226 e. The minimum Gasteiger partial charge on any atom is -0.286 e. The fourth-order valence-corrected chi connectivity index (χ4v) is 4.27. The Hall–Kier alpha value is -2.36. The third kappa shape index (κ3) is 1.33. The molecule has 2 bridgehead atoms. The second-order valence-corrected chi connectivity index (χ2v) is 6.85. The zero-order valence-corrected chi connectivity index (χ0v) is 12.4. The predicted molar refractivity (Wildman–Crippen MR) is 77.8 cm³/mol. The first-order valence-corrected chi connectivity index (χ1v) is 7.33. The molecule has 0 heterocycles. The van der Waals surface area contributed by atoms with Gasteiger partial charge in [-0.3, -0.25) is 19.2 Å². The molecule has 0 unspecified atom stereocenters. The summed E-state index contributed by atoms with van der Waals surface area (Å²) in [5, 5.41) is 0. The Labute approximate surface area is 127 Å². The molecule has 3 saturated carbocycles. The van der Waals surface area contributed by atoms with E-state index in [1.54, 1.807) is 0 Å². The summed E-state index contributed by atoms with van der Waals surface area (Å²) < 4.78 is 0. The van der Waals surface area contributed by atoms with Crippen molar-refractivity contribution in [1.82, 2.24) is 0 Å².